The molecule has 2 amide bonds. The molecule has 4 unspecified atom stereocenters. The third-order valence-electron chi connectivity index (χ3n) is 10.8. The summed E-state index contributed by atoms with van der Waals surface area (Å²) in [5, 5.41) is 22.0. The largest absolute Gasteiger partial charge is 0.481 e. The number of Topliss-reactive ketones (excluding diaryl/α,β-unsaturated/α-hetero) is 3. The number of carboxylic acids is 2. The quantitative estimate of drug-likeness (QED) is 0.0462. The molecule has 0 aromatic heterocycles. The van der Waals surface area contributed by atoms with Crippen LogP contribution in [0.15, 0.2) is 108 Å². The number of carboxylic acid groups (broad SMARTS) is 2. The van der Waals surface area contributed by atoms with Gasteiger partial charge in [0.05, 0.1) is 24.0 Å². The molecule has 4 rings (SSSR count). The smallest absolute Gasteiger partial charge is 0.414 e. The normalized spacial score (nSPS) is 20.6. The maximum atomic E-state index is 14.8. The van der Waals surface area contributed by atoms with E-state index >= 15 is 0 Å². The lowest BCUT2D eigenvalue weighted by Gasteiger charge is -2.42. The Morgan fingerprint density at radius 3 is 1.12 bits per heavy atom. The van der Waals surface area contributed by atoms with Crippen molar-refractivity contribution in [3.63, 3.8) is 0 Å². The van der Waals surface area contributed by atoms with Crippen molar-refractivity contribution in [1.82, 2.24) is 10.6 Å². The lowest BCUT2D eigenvalue weighted by atomic mass is 9.62. The van der Waals surface area contributed by atoms with Crippen LogP contribution in [0.25, 0.3) is 0 Å². The molecule has 0 bridgehead atoms. The average Bonchev–Trinajstić information content (AvgIpc) is 3.31. The second kappa shape index (κ2) is 23.2. The first-order valence-electron chi connectivity index (χ1n) is 20.7. The number of carbonyl (C=O) groups excluding carboxylic acids is 7. The van der Waals surface area contributed by atoms with E-state index < -0.39 is 163 Å². The van der Waals surface area contributed by atoms with Gasteiger partial charge in [-0.2, -0.15) is 52.7 Å². The summed E-state index contributed by atoms with van der Waals surface area (Å²) in [6.45, 7) is -5.91. The third-order valence-corrected chi connectivity index (χ3v) is 10.8. The Hall–Kier alpha value is -8.01. The summed E-state index contributed by atoms with van der Waals surface area (Å²) in [7, 11) is 0. The molecule has 0 heterocycles. The van der Waals surface area contributed by atoms with E-state index in [1.807, 2.05) is 0 Å². The molecule has 2 aliphatic rings. The molecule has 400 valence electrons. The number of ether oxygens (including phenoxy) is 4. The molecule has 29 heteroatoms. The van der Waals surface area contributed by atoms with Gasteiger partial charge in [0.25, 0.3) is 0 Å². The maximum Gasteiger partial charge on any atom is 0.414 e. The fourth-order valence-electron chi connectivity index (χ4n) is 7.70. The Balaban J connectivity index is 1.74. The summed E-state index contributed by atoms with van der Waals surface area (Å²) in [6, 6.07) is 8.08. The second-order valence-corrected chi connectivity index (χ2v) is 15.7. The molecule has 0 saturated carbocycles. The van der Waals surface area contributed by atoms with Crippen molar-refractivity contribution in [3.05, 3.63) is 119 Å². The zero-order valence-electron chi connectivity index (χ0n) is 37.0. The summed E-state index contributed by atoms with van der Waals surface area (Å²) in [6.07, 6.45) is -32.8. The van der Waals surface area contributed by atoms with Crippen molar-refractivity contribution in [2.24, 2.45) is 22.7 Å². The van der Waals surface area contributed by atoms with E-state index in [4.69, 9.17) is 9.47 Å². The van der Waals surface area contributed by atoms with Gasteiger partial charge in [-0.3, -0.25) is 33.6 Å². The van der Waals surface area contributed by atoms with Gasteiger partial charge >= 0.3 is 60.8 Å². The van der Waals surface area contributed by atoms with Crippen LogP contribution in [0.2, 0.25) is 0 Å². The molecule has 2 aromatic rings. The fraction of sp³-hybridized carbons (Fsp3) is 0.356. The highest BCUT2D eigenvalue weighted by Gasteiger charge is 2.72. The van der Waals surface area contributed by atoms with Gasteiger partial charge < -0.3 is 39.8 Å². The SMILES string of the molecule is O=C(O)C[C@H](NC(=O)OCc1ccccc1)C(=O)C1(C(=O)OCC(=O)COC(=O)C2(C(=O)[C@H](CC(=O)O)NC(=O)OCc3ccccc3)C(C(F)(F)F)=CC=CC2C(F)(F)F)C(C(F)(F)F)=CC=CC1C(F)(F)F. The number of alkyl carbamates (subject to hydrolysis) is 2. The maximum absolute atomic E-state index is 14.8. The highest BCUT2D eigenvalue weighted by molar-refractivity contribution is 6.13. The lowest BCUT2D eigenvalue weighted by Crippen LogP contribution is -2.61. The molecule has 0 radical (unpaired) electrons. The first kappa shape index (κ1) is 58.6. The molecule has 0 saturated heterocycles. The molecular formula is C45H36F12N2O15. The number of carbonyl (C=O) groups is 9. The van der Waals surface area contributed by atoms with Crippen molar-refractivity contribution in [2.75, 3.05) is 13.2 Å². The van der Waals surface area contributed by atoms with Crippen LogP contribution >= 0.6 is 0 Å². The molecule has 2 aliphatic carbocycles. The minimum atomic E-state index is -6.18. The van der Waals surface area contributed by atoms with Crippen LogP contribution in [-0.2, 0) is 65.7 Å². The number of ketones is 3. The number of benzene rings is 2. The zero-order chi connectivity index (χ0) is 55.6. The minimum absolute atomic E-state index is 0.0673. The molecule has 0 spiro atoms. The third kappa shape index (κ3) is 13.7. The summed E-state index contributed by atoms with van der Waals surface area (Å²) in [5.74, 6) is -25.8. The number of amides is 2. The monoisotopic (exact) mass is 1070 g/mol. The number of hydrogen-bond donors (Lipinski definition) is 4. The summed E-state index contributed by atoms with van der Waals surface area (Å²) < 4.78 is 196. The van der Waals surface area contributed by atoms with Crippen molar-refractivity contribution in [3.8, 4) is 0 Å². The van der Waals surface area contributed by atoms with Gasteiger partial charge in [0.2, 0.25) is 5.78 Å². The van der Waals surface area contributed by atoms with Crippen LogP contribution in [0.4, 0.5) is 62.3 Å². The summed E-state index contributed by atoms with van der Waals surface area (Å²) >= 11 is 0. The van der Waals surface area contributed by atoms with Crippen molar-refractivity contribution in [2.45, 2.75) is 62.8 Å². The minimum Gasteiger partial charge on any atom is -0.481 e. The first-order chi connectivity index (χ1) is 34.3. The predicted octanol–water partition coefficient (Wildman–Crippen LogP) is 6.77. The number of rotatable bonds is 20. The van der Waals surface area contributed by atoms with E-state index in [-0.39, 0.29) is 47.6 Å². The van der Waals surface area contributed by atoms with E-state index in [1.165, 1.54) is 71.3 Å². The van der Waals surface area contributed by atoms with E-state index in [0.717, 1.165) is 0 Å². The Morgan fingerprint density at radius 1 is 0.514 bits per heavy atom. The van der Waals surface area contributed by atoms with Crippen molar-refractivity contribution >= 4 is 53.4 Å². The second-order valence-electron chi connectivity index (χ2n) is 15.7. The van der Waals surface area contributed by atoms with Crippen molar-refractivity contribution < 1.29 is 125 Å². The van der Waals surface area contributed by atoms with Crippen LogP contribution in [0, 0.1) is 22.7 Å². The van der Waals surface area contributed by atoms with Crippen LogP contribution in [-0.4, -0.2) is 114 Å². The number of hydrogen-bond acceptors (Lipinski definition) is 13. The highest BCUT2D eigenvalue weighted by Crippen LogP contribution is 2.56. The van der Waals surface area contributed by atoms with E-state index in [2.05, 4.69) is 9.47 Å². The van der Waals surface area contributed by atoms with E-state index in [9.17, 15) is 106 Å². The van der Waals surface area contributed by atoms with Crippen molar-refractivity contribution in [1.29, 1.82) is 0 Å². The molecule has 0 aliphatic heterocycles. The van der Waals surface area contributed by atoms with Crippen LogP contribution < -0.4 is 10.6 Å². The predicted molar refractivity (Wildman–Crippen MR) is 219 cm³/mol. The molecular weight excluding hydrogens is 1040 g/mol. The number of alkyl halides is 12. The Labute approximate surface area is 406 Å². The zero-order valence-corrected chi connectivity index (χ0v) is 37.0. The van der Waals surface area contributed by atoms with E-state index in [0.29, 0.717) is 0 Å². The molecule has 17 nitrogen and oxygen atoms in total. The van der Waals surface area contributed by atoms with Gasteiger partial charge in [-0.25, -0.2) is 9.59 Å². The number of halogens is 12. The van der Waals surface area contributed by atoms with E-state index in [1.54, 1.807) is 0 Å². The lowest BCUT2D eigenvalue weighted by molar-refractivity contribution is -0.212. The Morgan fingerprint density at radius 2 is 0.838 bits per heavy atom. The molecule has 2 aromatic carbocycles. The fourth-order valence-corrected chi connectivity index (χ4v) is 7.70. The number of allylic oxidation sites excluding steroid dienone is 6. The standard InChI is InChI=1S/C45H36F12N2O15/c46-42(47,48)28-13-7-14-29(43(49,50)51)40(28,34(65)26(17-32(61)62)58-38(69)73-19-23-9-3-1-4-10-23)36(67)71-21-25(60)22-72-37(68)41(30(44(52,53)54)15-8-16-31(41)45(55,56)57)35(66)27(18-33(63)64)59-39(70)74-20-24-11-5-2-6-12-24/h1-16,26-28,30H,17-22H2,(H,58,69)(H,59,70)(H,61,62)(H,63,64)/t26-,27-,28?,30?,40?,41?/m0/s1. The highest BCUT2D eigenvalue weighted by atomic mass is 19.4. The van der Waals surface area contributed by atoms with Gasteiger partial charge in [-0.1, -0.05) is 97.1 Å². The Bertz CT molecular complexity index is 2430. The van der Waals surface area contributed by atoms with Gasteiger partial charge in [-0.05, 0) is 11.1 Å². The molecule has 4 N–H and O–H groups in total. The van der Waals surface area contributed by atoms with Crippen LogP contribution in [0.1, 0.15) is 24.0 Å². The Kier molecular flexibility index (Phi) is 18.4. The summed E-state index contributed by atoms with van der Waals surface area (Å²) in [4.78, 5) is 119. The van der Waals surface area contributed by atoms with Gasteiger partial charge in [-0.15, -0.1) is 0 Å². The van der Waals surface area contributed by atoms with Gasteiger partial charge in [0.1, 0.15) is 37.1 Å². The van der Waals surface area contributed by atoms with Crippen LogP contribution in [0.5, 0.6) is 0 Å². The van der Waals surface area contributed by atoms with Crippen LogP contribution in [0.3, 0.4) is 0 Å². The van der Waals surface area contributed by atoms with Gasteiger partial charge in [0.15, 0.2) is 35.6 Å². The van der Waals surface area contributed by atoms with Gasteiger partial charge in [0, 0.05) is 0 Å². The number of nitrogens with one attached hydrogen (secondary N) is 2. The summed E-state index contributed by atoms with van der Waals surface area (Å²) in [5.41, 5.74) is -14.8. The number of aliphatic carboxylic acids is 2. The molecule has 6 atom stereocenters. The topological polar surface area (TPSA) is 255 Å². The number of esters is 2. The first-order valence-corrected chi connectivity index (χ1v) is 20.7. The molecule has 74 heavy (non-hydrogen) atoms. The molecule has 0 fully saturated rings. The average molecular weight is 1070 g/mol.